The van der Waals surface area contributed by atoms with Crippen LogP contribution < -0.4 is 15.4 Å². The highest BCUT2D eigenvalue weighted by atomic mass is 16.5. The van der Waals surface area contributed by atoms with Crippen LogP contribution >= 0.6 is 0 Å². The number of hydrogen-bond acceptors (Lipinski definition) is 2. The monoisotopic (exact) mass is 375 g/mol. The van der Waals surface area contributed by atoms with E-state index in [4.69, 9.17) is 4.74 Å². The van der Waals surface area contributed by atoms with Crippen molar-refractivity contribution < 1.29 is 14.8 Å². The van der Waals surface area contributed by atoms with Gasteiger partial charge in [0.05, 0.1) is 18.8 Å². The van der Waals surface area contributed by atoms with E-state index in [1.165, 1.54) is 5.56 Å². The van der Waals surface area contributed by atoms with Crippen molar-refractivity contribution in [2.24, 2.45) is 0 Å². The van der Waals surface area contributed by atoms with Gasteiger partial charge < -0.3 is 15.4 Å². The molecule has 3 rings (SSSR count). The van der Waals surface area contributed by atoms with Crippen molar-refractivity contribution in [1.82, 2.24) is 0 Å². The summed E-state index contributed by atoms with van der Waals surface area (Å²) < 4.78 is 5.64. The van der Waals surface area contributed by atoms with Crippen molar-refractivity contribution in [3.8, 4) is 5.75 Å². The Balaban J connectivity index is 1.72. The number of nitrogens with two attached hydrogens (primary N) is 1. The van der Waals surface area contributed by atoms with Crippen molar-refractivity contribution in [2.75, 3.05) is 18.5 Å². The van der Waals surface area contributed by atoms with E-state index in [1.807, 2.05) is 79.7 Å². The Morgan fingerprint density at radius 1 is 0.929 bits per heavy atom. The summed E-state index contributed by atoms with van der Waals surface area (Å²) in [6.45, 7) is 3.31. The van der Waals surface area contributed by atoms with E-state index in [0.29, 0.717) is 18.0 Å². The van der Waals surface area contributed by atoms with Gasteiger partial charge in [-0.2, -0.15) is 0 Å². The Bertz CT molecular complexity index is 866. The summed E-state index contributed by atoms with van der Waals surface area (Å²) in [5.74, 6) is 0.640. The third-order valence-electron chi connectivity index (χ3n) is 4.56. The molecule has 4 heteroatoms. The number of hydrogen-bond donors (Lipinski definition) is 2. The third kappa shape index (κ3) is 5.44. The number of quaternary nitrogens is 1. The Labute approximate surface area is 166 Å². The fourth-order valence-electron chi connectivity index (χ4n) is 3.18. The topological polar surface area (TPSA) is 54.9 Å². The maximum absolute atomic E-state index is 13.1. The highest BCUT2D eigenvalue weighted by Gasteiger charge is 2.24. The minimum absolute atomic E-state index is 0.0496. The number of rotatable bonds is 9. The van der Waals surface area contributed by atoms with Gasteiger partial charge in [-0.05, 0) is 24.6 Å². The molecule has 0 aliphatic heterocycles. The van der Waals surface area contributed by atoms with Crippen LogP contribution in [0.15, 0.2) is 84.9 Å². The van der Waals surface area contributed by atoms with Gasteiger partial charge in [-0.1, -0.05) is 72.8 Å². The average molecular weight is 375 g/mol. The number of nitrogens with one attached hydrogen (secondary N) is 1. The zero-order chi connectivity index (χ0) is 19.6. The van der Waals surface area contributed by atoms with Gasteiger partial charge in [0.15, 0.2) is 6.04 Å². The minimum Gasteiger partial charge on any atom is -0.492 e. The number of amides is 1. The van der Waals surface area contributed by atoms with E-state index in [0.717, 1.165) is 18.5 Å². The molecule has 0 aliphatic rings. The molecule has 4 nitrogen and oxygen atoms in total. The van der Waals surface area contributed by atoms with E-state index >= 15 is 0 Å². The van der Waals surface area contributed by atoms with E-state index in [-0.39, 0.29) is 11.9 Å². The first kappa shape index (κ1) is 19.6. The lowest BCUT2D eigenvalue weighted by Gasteiger charge is -2.17. The maximum atomic E-state index is 13.1. The molecule has 3 N–H and O–H groups in total. The molecule has 28 heavy (non-hydrogen) atoms. The summed E-state index contributed by atoms with van der Waals surface area (Å²) in [6.07, 6.45) is 0.910. The average Bonchev–Trinajstić information content (AvgIpc) is 2.74. The number of carbonyl (C=O) groups is 1. The van der Waals surface area contributed by atoms with Gasteiger partial charge >= 0.3 is 0 Å². The largest absolute Gasteiger partial charge is 0.492 e. The number of ether oxygens (including phenoxy) is 1. The summed E-state index contributed by atoms with van der Waals surface area (Å²) >= 11 is 0. The number of benzene rings is 3. The smallest absolute Gasteiger partial charge is 0.287 e. The molecule has 1 amide bonds. The van der Waals surface area contributed by atoms with Gasteiger partial charge in [-0.25, -0.2) is 0 Å². The van der Waals surface area contributed by atoms with Crippen LogP contribution in [0.1, 0.15) is 24.1 Å². The quantitative estimate of drug-likeness (QED) is 0.601. The predicted molar refractivity (Wildman–Crippen MR) is 112 cm³/mol. The fourth-order valence-corrected chi connectivity index (χ4v) is 3.18. The second-order valence-corrected chi connectivity index (χ2v) is 6.57. The molecule has 0 fully saturated rings. The van der Waals surface area contributed by atoms with Crippen LogP contribution in [0.3, 0.4) is 0 Å². The lowest BCUT2D eigenvalue weighted by Crippen LogP contribution is -2.87. The Morgan fingerprint density at radius 2 is 1.57 bits per heavy atom. The highest BCUT2D eigenvalue weighted by molar-refractivity contribution is 5.95. The molecule has 0 bridgehead atoms. The molecule has 0 radical (unpaired) electrons. The molecule has 0 spiro atoms. The van der Waals surface area contributed by atoms with Gasteiger partial charge in [0.25, 0.3) is 5.91 Å². The Hall–Kier alpha value is -3.11. The Morgan fingerprint density at radius 3 is 2.29 bits per heavy atom. The highest BCUT2D eigenvalue weighted by Crippen LogP contribution is 2.24. The van der Waals surface area contributed by atoms with Crippen LogP contribution in [-0.2, 0) is 11.2 Å². The maximum Gasteiger partial charge on any atom is 0.287 e. The zero-order valence-electron chi connectivity index (χ0n) is 16.2. The lowest BCUT2D eigenvalue weighted by atomic mass is 10.1. The van der Waals surface area contributed by atoms with Crippen molar-refractivity contribution in [3.63, 3.8) is 0 Å². The van der Waals surface area contributed by atoms with Gasteiger partial charge in [0, 0.05) is 12.0 Å². The standard InChI is InChI=1S/C24H26N2O2/c1-2-28-22-16-10-9-15-21(22)26-24(27)23(20-13-7-4-8-14-20)25-18-17-19-11-5-3-6-12-19/h3-16,23,25H,2,17-18H2,1H3,(H,26,27)/p+1/t23-/m0/s1. The zero-order valence-corrected chi connectivity index (χ0v) is 16.2. The van der Waals surface area contributed by atoms with Crippen LogP contribution in [0.4, 0.5) is 5.69 Å². The van der Waals surface area contributed by atoms with Gasteiger partial charge in [0.1, 0.15) is 5.75 Å². The molecule has 0 saturated heterocycles. The molecule has 3 aromatic carbocycles. The van der Waals surface area contributed by atoms with Gasteiger partial charge in [-0.15, -0.1) is 0 Å². The Kier molecular flexibility index (Phi) is 7.21. The number of anilines is 1. The third-order valence-corrected chi connectivity index (χ3v) is 4.56. The fraction of sp³-hybridized carbons (Fsp3) is 0.208. The second-order valence-electron chi connectivity index (χ2n) is 6.57. The molecule has 0 aliphatic carbocycles. The minimum atomic E-state index is -0.320. The summed E-state index contributed by atoms with van der Waals surface area (Å²) in [6, 6.07) is 27.5. The number of carbonyl (C=O) groups excluding carboxylic acids is 1. The van der Waals surface area contributed by atoms with Crippen molar-refractivity contribution >= 4 is 11.6 Å². The summed E-state index contributed by atoms with van der Waals surface area (Å²) in [5.41, 5.74) is 2.96. The number of para-hydroxylation sites is 2. The summed E-state index contributed by atoms with van der Waals surface area (Å²) in [4.78, 5) is 13.1. The SMILES string of the molecule is CCOc1ccccc1NC(=O)[C@@H]([NH2+]CCc1ccccc1)c1ccccc1. The van der Waals surface area contributed by atoms with Crippen molar-refractivity contribution in [3.05, 3.63) is 96.1 Å². The molecule has 0 saturated carbocycles. The predicted octanol–water partition coefficient (Wildman–Crippen LogP) is 3.57. The van der Waals surface area contributed by atoms with Crippen LogP contribution in [0, 0.1) is 0 Å². The van der Waals surface area contributed by atoms with Crippen LogP contribution in [-0.4, -0.2) is 19.1 Å². The molecule has 3 aromatic rings. The molecule has 0 heterocycles. The summed E-state index contributed by atoms with van der Waals surface area (Å²) in [5, 5.41) is 5.15. The van der Waals surface area contributed by atoms with Crippen molar-refractivity contribution in [2.45, 2.75) is 19.4 Å². The van der Waals surface area contributed by atoms with E-state index in [2.05, 4.69) is 22.8 Å². The van der Waals surface area contributed by atoms with E-state index in [1.54, 1.807) is 0 Å². The van der Waals surface area contributed by atoms with E-state index < -0.39 is 0 Å². The molecular formula is C24H27N2O2+. The van der Waals surface area contributed by atoms with Gasteiger partial charge in [-0.3, -0.25) is 4.79 Å². The first-order chi connectivity index (χ1) is 13.8. The van der Waals surface area contributed by atoms with Crippen LogP contribution in [0.25, 0.3) is 0 Å². The normalized spacial score (nSPS) is 11.6. The summed E-state index contributed by atoms with van der Waals surface area (Å²) in [7, 11) is 0. The molecule has 0 aromatic heterocycles. The first-order valence-electron chi connectivity index (χ1n) is 9.73. The van der Waals surface area contributed by atoms with Crippen LogP contribution in [0.2, 0.25) is 0 Å². The van der Waals surface area contributed by atoms with Crippen molar-refractivity contribution in [1.29, 1.82) is 0 Å². The molecule has 144 valence electrons. The van der Waals surface area contributed by atoms with Gasteiger partial charge in [0.2, 0.25) is 0 Å². The first-order valence-corrected chi connectivity index (χ1v) is 9.73. The molecular weight excluding hydrogens is 348 g/mol. The van der Waals surface area contributed by atoms with Crippen LogP contribution in [0.5, 0.6) is 5.75 Å². The molecule has 0 unspecified atom stereocenters. The second kappa shape index (κ2) is 10.3. The van der Waals surface area contributed by atoms with E-state index in [9.17, 15) is 4.79 Å². The molecule has 1 atom stereocenters. The lowest BCUT2D eigenvalue weighted by molar-refractivity contribution is -0.682.